The summed E-state index contributed by atoms with van der Waals surface area (Å²) < 4.78 is 0. The second-order valence-corrected chi connectivity index (χ2v) is 10.5. The normalized spacial score (nSPS) is 14.9. The predicted octanol–water partition coefficient (Wildman–Crippen LogP) is 5.43. The molecule has 3 aromatic carbocycles. The number of aliphatic carboxylic acids is 1. The van der Waals surface area contributed by atoms with Gasteiger partial charge in [-0.2, -0.15) is 0 Å². The van der Waals surface area contributed by atoms with Gasteiger partial charge in [-0.1, -0.05) is 36.4 Å². The summed E-state index contributed by atoms with van der Waals surface area (Å²) in [6.45, 7) is 3.28. The molecule has 3 heterocycles. The molecule has 208 valence electrons. The molecular weight excluding hydrogens is 532 g/mol. The van der Waals surface area contributed by atoms with E-state index in [1.165, 1.54) is 0 Å². The van der Waals surface area contributed by atoms with Crippen molar-refractivity contribution in [3.63, 3.8) is 0 Å². The largest absolute Gasteiger partial charge is 0.481 e. The molecule has 0 bridgehead atoms. The Morgan fingerprint density at radius 1 is 1.00 bits per heavy atom. The summed E-state index contributed by atoms with van der Waals surface area (Å²) in [6.07, 6.45) is 3.29. The molecule has 10 nitrogen and oxygen atoms in total. The van der Waals surface area contributed by atoms with E-state index in [-0.39, 0.29) is 11.7 Å². The number of amides is 2. The van der Waals surface area contributed by atoms with Crippen LogP contribution in [-0.2, 0) is 15.0 Å². The number of nitrogens with zero attached hydrogens (tertiary/aromatic N) is 3. The Kier molecular flexibility index (Phi) is 6.58. The van der Waals surface area contributed by atoms with Gasteiger partial charge >= 0.3 is 5.97 Å². The number of benzene rings is 3. The van der Waals surface area contributed by atoms with Crippen LogP contribution in [0.4, 0.5) is 17.1 Å². The molecule has 42 heavy (non-hydrogen) atoms. The maximum atomic E-state index is 13.4. The fourth-order valence-corrected chi connectivity index (χ4v) is 4.89. The number of aliphatic imine (C=N–C) groups is 1. The highest BCUT2D eigenvalue weighted by molar-refractivity contribution is 6.24. The molecule has 5 aromatic rings. The van der Waals surface area contributed by atoms with E-state index in [9.17, 15) is 19.5 Å². The van der Waals surface area contributed by atoms with E-state index in [4.69, 9.17) is 4.99 Å². The fraction of sp³-hybridized carbons (Fsp3) is 0.125. The molecule has 0 saturated heterocycles. The molecule has 10 heteroatoms. The summed E-state index contributed by atoms with van der Waals surface area (Å²) in [6, 6.07) is 23.1. The lowest BCUT2D eigenvalue weighted by atomic mass is 9.85. The maximum absolute atomic E-state index is 13.4. The van der Waals surface area contributed by atoms with E-state index in [0.717, 1.165) is 5.52 Å². The van der Waals surface area contributed by atoms with Crippen molar-refractivity contribution in [1.29, 1.82) is 0 Å². The average molecular weight is 559 g/mol. The van der Waals surface area contributed by atoms with Crippen LogP contribution in [0.3, 0.4) is 0 Å². The zero-order chi connectivity index (χ0) is 29.4. The molecule has 1 aliphatic heterocycles. The molecule has 6 rings (SSSR count). The molecule has 2 aromatic heterocycles. The van der Waals surface area contributed by atoms with Gasteiger partial charge in [-0.15, -0.1) is 0 Å². The van der Waals surface area contributed by atoms with Crippen LogP contribution >= 0.6 is 0 Å². The van der Waals surface area contributed by atoms with E-state index in [1.54, 1.807) is 74.8 Å². The number of H-pyrrole nitrogens is 1. The Bertz CT molecular complexity index is 1840. The van der Waals surface area contributed by atoms with E-state index >= 15 is 0 Å². The van der Waals surface area contributed by atoms with Crippen LogP contribution in [0.15, 0.2) is 96.2 Å². The minimum Gasteiger partial charge on any atom is -0.481 e. The quantitative estimate of drug-likeness (QED) is 0.196. The van der Waals surface area contributed by atoms with Crippen molar-refractivity contribution in [3.05, 3.63) is 114 Å². The Morgan fingerprint density at radius 3 is 2.50 bits per heavy atom. The zero-order valence-corrected chi connectivity index (χ0v) is 22.8. The van der Waals surface area contributed by atoms with Crippen LogP contribution < -0.4 is 10.6 Å². The number of hydrogen-bond donors (Lipinski definition) is 4. The zero-order valence-electron chi connectivity index (χ0n) is 22.8. The van der Waals surface area contributed by atoms with Crippen LogP contribution in [0.1, 0.15) is 47.1 Å². The van der Waals surface area contributed by atoms with Crippen molar-refractivity contribution in [2.45, 2.75) is 25.2 Å². The number of imidazole rings is 1. The molecule has 1 atom stereocenters. The lowest BCUT2D eigenvalue weighted by molar-refractivity contribution is -0.142. The van der Waals surface area contributed by atoms with Gasteiger partial charge in [0.05, 0.1) is 27.8 Å². The summed E-state index contributed by atoms with van der Waals surface area (Å²) in [4.78, 5) is 54.4. The Morgan fingerprint density at radius 2 is 1.79 bits per heavy atom. The van der Waals surface area contributed by atoms with Gasteiger partial charge in [0, 0.05) is 29.3 Å². The van der Waals surface area contributed by atoms with Crippen LogP contribution in [-0.4, -0.2) is 43.6 Å². The van der Waals surface area contributed by atoms with Gasteiger partial charge in [0.25, 0.3) is 5.91 Å². The first-order chi connectivity index (χ1) is 20.2. The highest BCUT2D eigenvalue weighted by Gasteiger charge is 2.36. The number of aromatic amines is 1. The van der Waals surface area contributed by atoms with Gasteiger partial charge in [-0.25, -0.2) is 4.98 Å². The number of fused-ring (bicyclic) bond motifs is 2. The number of carboxylic acids is 1. The van der Waals surface area contributed by atoms with Crippen LogP contribution in [0.25, 0.3) is 11.0 Å². The van der Waals surface area contributed by atoms with Gasteiger partial charge in [0.1, 0.15) is 5.92 Å². The van der Waals surface area contributed by atoms with Gasteiger partial charge in [-0.05, 0) is 67.4 Å². The monoisotopic (exact) mass is 558 g/mol. The van der Waals surface area contributed by atoms with Crippen molar-refractivity contribution in [1.82, 2.24) is 15.0 Å². The average Bonchev–Trinajstić information content (AvgIpc) is 3.57. The van der Waals surface area contributed by atoms with Crippen molar-refractivity contribution in [2.75, 3.05) is 10.6 Å². The van der Waals surface area contributed by atoms with Crippen LogP contribution in [0, 0.1) is 0 Å². The van der Waals surface area contributed by atoms with Crippen molar-refractivity contribution >= 4 is 51.6 Å². The number of hydrogen-bond acceptors (Lipinski definition) is 6. The number of nitrogens with one attached hydrogen (secondary N) is 3. The second-order valence-electron chi connectivity index (χ2n) is 10.5. The molecule has 2 amide bonds. The van der Waals surface area contributed by atoms with Gasteiger partial charge in [-0.3, -0.25) is 24.4 Å². The first-order valence-electron chi connectivity index (χ1n) is 13.2. The molecular formula is C32H26N6O4. The van der Waals surface area contributed by atoms with E-state index in [1.807, 2.05) is 30.3 Å². The molecule has 1 aliphatic rings. The maximum Gasteiger partial charge on any atom is 0.313 e. The Hall–Kier alpha value is -5.64. The first kappa shape index (κ1) is 26.6. The predicted molar refractivity (Wildman–Crippen MR) is 159 cm³/mol. The fourth-order valence-electron chi connectivity index (χ4n) is 4.89. The highest BCUT2D eigenvalue weighted by Crippen LogP contribution is 2.38. The summed E-state index contributed by atoms with van der Waals surface area (Å²) in [5.74, 6) is -2.15. The number of aromatic nitrogens is 3. The summed E-state index contributed by atoms with van der Waals surface area (Å²) >= 11 is 0. The van der Waals surface area contributed by atoms with E-state index in [2.05, 4.69) is 25.6 Å². The van der Waals surface area contributed by atoms with Gasteiger partial charge < -0.3 is 20.7 Å². The molecule has 0 aliphatic carbocycles. The number of para-hydroxylation sites is 2. The number of carbonyl (C=O) groups is 3. The number of carbonyl (C=O) groups excluding carboxylic acids is 2. The van der Waals surface area contributed by atoms with E-state index in [0.29, 0.717) is 45.0 Å². The minimum absolute atomic E-state index is 0.183. The SMILES string of the molecule is CC(C)(C(=O)O)c1ccc(N=C(c2cccnc2)C2C(=O)Nc3cc(NC(=O)c4nc5ccccc5[nH]4)ccc32)cc1. The third kappa shape index (κ3) is 4.90. The van der Waals surface area contributed by atoms with Crippen molar-refractivity contribution in [3.8, 4) is 0 Å². The Balaban J connectivity index is 1.32. The highest BCUT2D eigenvalue weighted by atomic mass is 16.4. The summed E-state index contributed by atoms with van der Waals surface area (Å²) in [7, 11) is 0. The third-order valence-electron chi connectivity index (χ3n) is 7.35. The molecule has 4 N–H and O–H groups in total. The smallest absolute Gasteiger partial charge is 0.313 e. The summed E-state index contributed by atoms with van der Waals surface area (Å²) in [5.41, 5.74) is 4.51. The van der Waals surface area contributed by atoms with Gasteiger partial charge in [0.15, 0.2) is 5.82 Å². The molecule has 0 fully saturated rings. The molecule has 0 saturated carbocycles. The third-order valence-corrected chi connectivity index (χ3v) is 7.35. The lowest BCUT2D eigenvalue weighted by Crippen LogP contribution is -2.28. The van der Waals surface area contributed by atoms with Crippen molar-refractivity contribution < 1.29 is 19.5 Å². The minimum atomic E-state index is -1.06. The number of rotatable bonds is 7. The Labute approximate surface area is 240 Å². The van der Waals surface area contributed by atoms with E-state index < -0.39 is 23.2 Å². The van der Waals surface area contributed by atoms with Crippen LogP contribution in [0.5, 0.6) is 0 Å². The second kappa shape index (κ2) is 10.4. The molecule has 0 radical (unpaired) electrons. The topological polar surface area (TPSA) is 149 Å². The number of pyridine rings is 1. The van der Waals surface area contributed by atoms with Crippen LogP contribution in [0.2, 0.25) is 0 Å². The molecule has 0 spiro atoms. The molecule has 1 unspecified atom stereocenters. The lowest BCUT2D eigenvalue weighted by Gasteiger charge is -2.19. The number of anilines is 2. The standard InChI is InChI=1S/C32H26N6O4/c1-32(2,31(41)42)19-9-11-20(12-10-19)34-27(18-6-5-15-33-17-18)26-22-14-13-21(16-25(22)38-29(26)39)35-30(40)28-36-23-7-3-4-8-24(23)37-28/h3-17,26H,1-2H3,(H,35,40)(H,36,37)(H,38,39)(H,41,42). The summed E-state index contributed by atoms with van der Waals surface area (Å²) in [5, 5.41) is 15.3. The van der Waals surface area contributed by atoms with Crippen molar-refractivity contribution in [2.24, 2.45) is 4.99 Å². The number of carboxylic acid groups (broad SMARTS) is 1. The first-order valence-corrected chi connectivity index (χ1v) is 13.2. The van der Waals surface area contributed by atoms with Gasteiger partial charge in [0.2, 0.25) is 5.91 Å².